The van der Waals surface area contributed by atoms with Crippen LogP contribution < -0.4 is 10.1 Å². The maximum absolute atomic E-state index is 11.8. The summed E-state index contributed by atoms with van der Waals surface area (Å²) in [4.78, 5) is 35.8. The third kappa shape index (κ3) is 4.82. The van der Waals surface area contributed by atoms with E-state index in [-0.39, 0.29) is 18.2 Å². The summed E-state index contributed by atoms with van der Waals surface area (Å²) in [6.07, 6.45) is 2.30. The van der Waals surface area contributed by atoms with Gasteiger partial charge in [0, 0.05) is 19.4 Å². The lowest BCUT2D eigenvalue weighted by atomic mass is 9.89. The first-order chi connectivity index (χ1) is 12.5. The van der Waals surface area contributed by atoms with Gasteiger partial charge in [0.25, 0.3) is 5.91 Å². The number of aliphatic carboxylic acids is 1. The number of hydrogen-bond donors (Lipinski definition) is 2. The number of carbonyl (C=O) groups excluding carboxylic acids is 2. The Morgan fingerprint density at radius 2 is 1.85 bits per heavy atom. The van der Waals surface area contributed by atoms with Crippen LogP contribution in [0.15, 0.2) is 24.3 Å². The highest BCUT2D eigenvalue weighted by Crippen LogP contribution is 2.29. The normalized spacial score (nSPS) is 22.1. The van der Waals surface area contributed by atoms with Gasteiger partial charge in [-0.1, -0.05) is 12.1 Å². The average Bonchev–Trinajstić information content (AvgIpc) is 2.63. The molecule has 140 valence electrons. The van der Waals surface area contributed by atoms with Crippen LogP contribution in [0.5, 0.6) is 5.75 Å². The minimum Gasteiger partial charge on any atom is -0.481 e. The highest BCUT2D eigenvalue weighted by molar-refractivity contribution is 5.99. The Hall–Kier alpha value is -2.41. The van der Waals surface area contributed by atoms with E-state index in [0.717, 1.165) is 25.9 Å². The zero-order chi connectivity index (χ0) is 18.5. The van der Waals surface area contributed by atoms with Gasteiger partial charge in [-0.05, 0) is 49.5 Å². The number of amides is 2. The summed E-state index contributed by atoms with van der Waals surface area (Å²) >= 11 is 0. The Balaban J connectivity index is 1.50. The van der Waals surface area contributed by atoms with Crippen molar-refractivity contribution < 1.29 is 24.2 Å². The van der Waals surface area contributed by atoms with Crippen LogP contribution in [0.1, 0.15) is 43.6 Å². The fraction of sp³-hybridized carbons (Fsp3) is 0.526. The van der Waals surface area contributed by atoms with Crippen molar-refractivity contribution in [1.29, 1.82) is 0 Å². The molecule has 0 aliphatic carbocycles. The largest absolute Gasteiger partial charge is 0.481 e. The molecular weight excluding hydrogens is 336 g/mol. The molecule has 1 atom stereocenters. The molecule has 2 aliphatic rings. The standard InChI is InChI=1S/C19H24N2O5/c22-17-6-5-16(19(25)20-17)26-15-3-1-13(2-4-15)14-7-10-21(11-8-14)12-9-18(23)24/h1-4,14,16H,5-12H2,(H,23,24)(H,20,22,25). The van der Waals surface area contributed by atoms with Crippen LogP contribution in [-0.4, -0.2) is 53.5 Å². The Morgan fingerprint density at radius 1 is 1.15 bits per heavy atom. The van der Waals surface area contributed by atoms with E-state index in [1.54, 1.807) is 0 Å². The van der Waals surface area contributed by atoms with E-state index >= 15 is 0 Å². The molecule has 0 aromatic heterocycles. The van der Waals surface area contributed by atoms with E-state index in [4.69, 9.17) is 9.84 Å². The molecule has 7 heteroatoms. The molecule has 2 amide bonds. The van der Waals surface area contributed by atoms with E-state index in [0.29, 0.717) is 31.1 Å². The predicted octanol–water partition coefficient (Wildman–Crippen LogP) is 1.52. The minimum atomic E-state index is -0.751. The van der Waals surface area contributed by atoms with E-state index < -0.39 is 12.1 Å². The van der Waals surface area contributed by atoms with Crippen molar-refractivity contribution in [3.63, 3.8) is 0 Å². The first kappa shape index (κ1) is 18.4. The van der Waals surface area contributed by atoms with Gasteiger partial charge in [-0.25, -0.2) is 0 Å². The number of nitrogens with zero attached hydrogens (tertiary/aromatic N) is 1. The summed E-state index contributed by atoms with van der Waals surface area (Å²) in [5, 5.41) is 11.1. The van der Waals surface area contributed by atoms with Gasteiger partial charge in [0.05, 0.1) is 6.42 Å². The van der Waals surface area contributed by atoms with E-state index in [1.807, 2.05) is 24.3 Å². The second-order valence-corrected chi connectivity index (χ2v) is 6.89. The second kappa shape index (κ2) is 8.31. The Kier molecular flexibility index (Phi) is 5.88. The number of nitrogens with one attached hydrogen (secondary N) is 1. The fourth-order valence-corrected chi connectivity index (χ4v) is 3.51. The first-order valence-electron chi connectivity index (χ1n) is 9.06. The monoisotopic (exact) mass is 360 g/mol. The lowest BCUT2D eigenvalue weighted by Crippen LogP contribution is -2.46. The number of hydrogen-bond acceptors (Lipinski definition) is 5. The lowest BCUT2D eigenvalue weighted by Gasteiger charge is -2.32. The summed E-state index contributed by atoms with van der Waals surface area (Å²) in [5.74, 6) is -0.291. The topological polar surface area (TPSA) is 95.9 Å². The molecular formula is C19H24N2O5. The number of carbonyl (C=O) groups is 3. The van der Waals surface area contributed by atoms with Crippen molar-refractivity contribution >= 4 is 17.8 Å². The maximum atomic E-state index is 11.8. The van der Waals surface area contributed by atoms with Gasteiger partial charge in [0.15, 0.2) is 6.10 Å². The molecule has 3 rings (SSSR count). The Labute approximate surface area is 152 Å². The molecule has 2 aliphatic heterocycles. The van der Waals surface area contributed by atoms with Crippen molar-refractivity contribution in [3.05, 3.63) is 29.8 Å². The third-order valence-electron chi connectivity index (χ3n) is 5.05. The summed E-state index contributed by atoms with van der Waals surface area (Å²) in [6.45, 7) is 2.43. The van der Waals surface area contributed by atoms with Gasteiger partial charge in [-0.3, -0.25) is 19.7 Å². The number of benzene rings is 1. The van der Waals surface area contributed by atoms with E-state index in [2.05, 4.69) is 10.2 Å². The molecule has 1 unspecified atom stereocenters. The van der Waals surface area contributed by atoms with Crippen LogP contribution in [-0.2, 0) is 14.4 Å². The van der Waals surface area contributed by atoms with Crippen molar-refractivity contribution in [2.45, 2.75) is 44.1 Å². The summed E-state index contributed by atoms with van der Waals surface area (Å²) < 4.78 is 5.70. The molecule has 2 N–H and O–H groups in total. The molecule has 2 fully saturated rings. The van der Waals surface area contributed by atoms with Crippen LogP contribution in [0.2, 0.25) is 0 Å². The molecule has 0 saturated carbocycles. The molecule has 0 radical (unpaired) electrons. The summed E-state index contributed by atoms with van der Waals surface area (Å²) in [7, 11) is 0. The smallest absolute Gasteiger partial charge is 0.304 e. The Bertz CT molecular complexity index is 665. The molecule has 2 heterocycles. The molecule has 1 aromatic rings. The van der Waals surface area contributed by atoms with Crippen molar-refractivity contribution in [3.8, 4) is 5.75 Å². The van der Waals surface area contributed by atoms with Crippen molar-refractivity contribution in [2.75, 3.05) is 19.6 Å². The average molecular weight is 360 g/mol. The predicted molar refractivity (Wildman–Crippen MR) is 93.9 cm³/mol. The van der Waals surface area contributed by atoms with Gasteiger partial charge in [-0.2, -0.15) is 0 Å². The van der Waals surface area contributed by atoms with Gasteiger partial charge in [0.2, 0.25) is 5.91 Å². The van der Waals surface area contributed by atoms with Crippen LogP contribution in [0.25, 0.3) is 0 Å². The zero-order valence-corrected chi connectivity index (χ0v) is 14.6. The number of carboxylic acid groups (broad SMARTS) is 1. The number of piperidine rings is 2. The van der Waals surface area contributed by atoms with Gasteiger partial charge in [0.1, 0.15) is 5.75 Å². The zero-order valence-electron chi connectivity index (χ0n) is 14.6. The maximum Gasteiger partial charge on any atom is 0.304 e. The number of likely N-dealkylation sites (tertiary alicyclic amines) is 1. The summed E-state index contributed by atoms with van der Waals surface area (Å²) in [5.41, 5.74) is 1.23. The number of imide groups is 1. The SMILES string of the molecule is O=C(O)CCN1CCC(c2ccc(OC3CCC(=O)NC3=O)cc2)CC1. The molecule has 0 bridgehead atoms. The lowest BCUT2D eigenvalue weighted by molar-refractivity contribution is -0.139. The minimum absolute atomic E-state index is 0.192. The molecule has 7 nitrogen and oxygen atoms in total. The van der Waals surface area contributed by atoms with Crippen molar-refractivity contribution in [2.24, 2.45) is 0 Å². The van der Waals surface area contributed by atoms with Crippen LogP contribution in [0.4, 0.5) is 0 Å². The summed E-state index contributed by atoms with van der Waals surface area (Å²) in [6, 6.07) is 7.79. The molecule has 0 spiro atoms. The van der Waals surface area contributed by atoms with Crippen LogP contribution in [0, 0.1) is 0 Å². The highest BCUT2D eigenvalue weighted by atomic mass is 16.5. The molecule has 26 heavy (non-hydrogen) atoms. The van der Waals surface area contributed by atoms with Crippen LogP contribution in [0.3, 0.4) is 0 Å². The molecule has 1 aromatic carbocycles. The Morgan fingerprint density at radius 3 is 2.46 bits per heavy atom. The van der Waals surface area contributed by atoms with Crippen molar-refractivity contribution in [1.82, 2.24) is 10.2 Å². The third-order valence-corrected chi connectivity index (χ3v) is 5.05. The van der Waals surface area contributed by atoms with E-state index in [1.165, 1.54) is 5.56 Å². The van der Waals surface area contributed by atoms with E-state index in [9.17, 15) is 14.4 Å². The van der Waals surface area contributed by atoms with Gasteiger partial charge < -0.3 is 14.7 Å². The van der Waals surface area contributed by atoms with Gasteiger partial charge in [-0.15, -0.1) is 0 Å². The highest BCUT2D eigenvalue weighted by Gasteiger charge is 2.28. The number of ether oxygens (including phenoxy) is 1. The second-order valence-electron chi connectivity index (χ2n) is 6.89. The fourth-order valence-electron chi connectivity index (χ4n) is 3.51. The first-order valence-corrected chi connectivity index (χ1v) is 9.06. The number of carboxylic acids is 1. The van der Waals surface area contributed by atoms with Gasteiger partial charge >= 0.3 is 5.97 Å². The van der Waals surface area contributed by atoms with Crippen LogP contribution >= 0.6 is 0 Å². The quantitative estimate of drug-likeness (QED) is 0.747. The number of rotatable bonds is 6. The molecule has 2 saturated heterocycles.